The molecule has 0 saturated heterocycles. The van der Waals surface area contributed by atoms with Crippen molar-refractivity contribution in [3.63, 3.8) is 0 Å². The van der Waals surface area contributed by atoms with Gasteiger partial charge in [0, 0.05) is 24.5 Å². The maximum Gasteiger partial charge on any atom is 0.357 e. The minimum atomic E-state index is -3.44. The summed E-state index contributed by atoms with van der Waals surface area (Å²) >= 11 is 0. The third kappa shape index (κ3) is 5.99. The van der Waals surface area contributed by atoms with E-state index in [-0.39, 0.29) is 0 Å². The molecule has 0 aliphatic rings. The first kappa shape index (κ1) is 23.3. The van der Waals surface area contributed by atoms with Crippen LogP contribution in [0.5, 0.6) is 5.75 Å². The molecular weight excluding hydrogens is 387 g/mol. The predicted octanol–water partition coefficient (Wildman–Crippen LogP) is 5.92. The van der Waals surface area contributed by atoms with Gasteiger partial charge >= 0.3 is 7.60 Å². The monoisotopic (exact) mass is 420 g/mol. The van der Waals surface area contributed by atoms with Crippen LogP contribution in [0.3, 0.4) is 0 Å². The molecule has 0 aliphatic heterocycles. The Kier molecular flexibility index (Phi) is 9.02. The first-order valence-electron chi connectivity index (χ1n) is 10.2. The van der Waals surface area contributed by atoms with Crippen LogP contribution in [0.4, 0.5) is 11.4 Å². The van der Waals surface area contributed by atoms with Crippen LogP contribution in [0.2, 0.25) is 0 Å². The van der Waals surface area contributed by atoms with Gasteiger partial charge < -0.3 is 24.0 Å². The molecule has 1 N–H and O–H groups in total. The van der Waals surface area contributed by atoms with Crippen LogP contribution in [0.15, 0.2) is 48.5 Å². The highest BCUT2D eigenvalue weighted by Gasteiger charge is 2.37. The standard InChI is InChI=1S/C22H33N2O4P/c1-6-24(7-2)20-14-10-18(11-15-20)22(29(25,27-8-3)28-9-4)23-19-12-16-21(26-5)17-13-19/h10-17,22-23H,6-9H2,1-5H3. The van der Waals surface area contributed by atoms with E-state index in [1.807, 2.05) is 62.4 Å². The summed E-state index contributed by atoms with van der Waals surface area (Å²) < 4.78 is 30.2. The molecule has 0 fully saturated rings. The molecule has 2 aromatic carbocycles. The molecule has 1 unspecified atom stereocenters. The number of hydrogen-bond donors (Lipinski definition) is 1. The van der Waals surface area contributed by atoms with Gasteiger partial charge in [-0.15, -0.1) is 0 Å². The fourth-order valence-corrected chi connectivity index (χ4v) is 5.13. The molecule has 0 aromatic heterocycles. The normalized spacial score (nSPS) is 12.4. The fraction of sp³-hybridized carbons (Fsp3) is 0.455. The summed E-state index contributed by atoms with van der Waals surface area (Å²) in [7, 11) is -1.82. The summed E-state index contributed by atoms with van der Waals surface area (Å²) in [5, 5.41) is 3.35. The van der Waals surface area contributed by atoms with Gasteiger partial charge in [0.05, 0.1) is 20.3 Å². The molecule has 0 radical (unpaired) electrons. The zero-order valence-electron chi connectivity index (χ0n) is 18.1. The molecule has 0 amide bonds. The van der Waals surface area contributed by atoms with Crippen molar-refractivity contribution in [1.82, 2.24) is 0 Å². The number of hydrogen-bond acceptors (Lipinski definition) is 6. The van der Waals surface area contributed by atoms with E-state index < -0.39 is 13.4 Å². The van der Waals surface area contributed by atoms with E-state index >= 15 is 0 Å². The van der Waals surface area contributed by atoms with Crippen molar-refractivity contribution in [1.29, 1.82) is 0 Å². The van der Waals surface area contributed by atoms with E-state index in [0.717, 1.165) is 35.8 Å². The van der Waals surface area contributed by atoms with E-state index in [9.17, 15) is 4.57 Å². The Hall–Kier alpha value is -2.01. The number of benzene rings is 2. The first-order valence-corrected chi connectivity index (χ1v) is 11.8. The summed E-state index contributed by atoms with van der Waals surface area (Å²) in [6, 6.07) is 15.6. The molecule has 0 saturated carbocycles. The number of anilines is 2. The van der Waals surface area contributed by atoms with Crippen LogP contribution in [0, 0.1) is 0 Å². The van der Waals surface area contributed by atoms with Gasteiger partial charge in [0.15, 0.2) is 5.78 Å². The topological polar surface area (TPSA) is 60.0 Å². The van der Waals surface area contributed by atoms with Gasteiger partial charge in [0.1, 0.15) is 5.75 Å². The molecule has 160 valence electrons. The second-order valence-corrected chi connectivity index (χ2v) is 8.53. The van der Waals surface area contributed by atoms with Crippen LogP contribution in [-0.4, -0.2) is 33.4 Å². The maximum atomic E-state index is 13.6. The lowest BCUT2D eigenvalue weighted by Gasteiger charge is -2.29. The van der Waals surface area contributed by atoms with Crippen molar-refractivity contribution in [2.45, 2.75) is 33.5 Å². The number of ether oxygens (including phenoxy) is 1. The van der Waals surface area contributed by atoms with Crippen LogP contribution in [0.25, 0.3) is 0 Å². The third-order valence-electron chi connectivity index (χ3n) is 4.67. The molecule has 1 atom stereocenters. The zero-order chi connectivity index (χ0) is 21.3. The van der Waals surface area contributed by atoms with Gasteiger partial charge in [-0.1, -0.05) is 12.1 Å². The molecule has 7 heteroatoms. The number of nitrogens with one attached hydrogen (secondary N) is 1. The molecule has 2 rings (SSSR count). The number of methoxy groups -OCH3 is 1. The second kappa shape index (κ2) is 11.2. The van der Waals surface area contributed by atoms with Crippen LogP contribution in [-0.2, 0) is 13.6 Å². The lowest BCUT2D eigenvalue weighted by molar-refractivity contribution is 0.214. The second-order valence-electron chi connectivity index (χ2n) is 6.41. The van der Waals surface area contributed by atoms with E-state index in [4.69, 9.17) is 13.8 Å². The average Bonchev–Trinajstić information content (AvgIpc) is 2.74. The summed E-state index contributed by atoms with van der Waals surface area (Å²) in [6.07, 6.45) is 0. The smallest absolute Gasteiger partial charge is 0.357 e. The molecule has 0 bridgehead atoms. The Morgan fingerprint density at radius 3 is 1.90 bits per heavy atom. The van der Waals surface area contributed by atoms with Gasteiger partial charge in [-0.2, -0.15) is 0 Å². The molecule has 2 aromatic rings. The zero-order valence-corrected chi connectivity index (χ0v) is 18.9. The van der Waals surface area contributed by atoms with E-state index in [0.29, 0.717) is 13.2 Å². The van der Waals surface area contributed by atoms with Crippen molar-refractivity contribution in [3.05, 3.63) is 54.1 Å². The Morgan fingerprint density at radius 1 is 0.897 bits per heavy atom. The molecule has 0 spiro atoms. The van der Waals surface area contributed by atoms with Gasteiger partial charge in [-0.3, -0.25) is 4.57 Å². The van der Waals surface area contributed by atoms with E-state index in [1.54, 1.807) is 7.11 Å². The van der Waals surface area contributed by atoms with E-state index in [2.05, 4.69) is 24.1 Å². The fourth-order valence-electron chi connectivity index (χ4n) is 3.19. The molecule has 6 nitrogen and oxygen atoms in total. The van der Waals surface area contributed by atoms with Crippen molar-refractivity contribution in [3.8, 4) is 5.75 Å². The average molecular weight is 420 g/mol. The van der Waals surface area contributed by atoms with Gasteiger partial charge in [0.2, 0.25) is 0 Å². The number of nitrogens with zero attached hydrogens (tertiary/aromatic N) is 1. The van der Waals surface area contributed by atoms with E-state index in [1.165, 1.54) is 0 Å². The van der Waals surface area contributed by atoms with Crippen molar-refractivity contribution in [2.75, 3.05) is 43.6 Å². The van der Waals surface area contributed by atoms with Crippen LogP contribution in [0.1, 0.15) is 39.0 Å². The highest BCUT2D eigenvalue weighted by atomic mass is 31.2. The van der Waals surface area contributed by atoms with Gasteiger partial charge in [-0.25, -0.2) is 0 Å². The number of rotatable bonds is 12. The predicted molar refractivity (Wildman–Crippen MR) is 120 cm³/mol. The van der Waals surface area contributed by atoms with Crippen molar-refractivity contribution < 1.29 is 18.3 Å². The summed E-state index contributed by atoms with van der Waals surface area (Å²) in [5.41, 5.74) is 2.79. The van der Waals surface area contributed by atoms with Crippen LogP contribution >= 0.6 is 7.60 Å². The molecular formula is C22H33N2O4P. The van der Waals surface area contributed by atoms with Gasteiger partial charge in [0.25, 0.3) is 0 Å². The van der Waals surface area contributed by atoms with Crippen LogP contribution < -0.4 is 15.0 Å². The highest BCUT2D eigenvalue weighted by Crippen LogP contribution is 2.60. The Balaban J connectivity index is 2.41. The first-order chi connectivity index (χ1) is 14.0. The highest BCUT2D eigenvalue weighted by molar-refractivity contribution is 7.54. The van der Waals surface area contributed by atoms with Crippen molar-refractivity contribution in [2.24, 2.45) is 0 Å². The van der Waals surface area contributed by atoms with Crippen molar-refractivity contribution >= 4 is 19.0 Å². The lowest BCUT2D eigenvalue weighted by atomic mass is 10.2. The molecule has 29 heavy (non-hydrogen) atoms. The summed E-state index contributed by atoms with van der Waals surface area (Å²) in [6.45, 7) is 10.4. The lowest BCUT2D eigenvalue weighted by Crippen LogP contribution is -2.22. The summed E-state index contributed by atoms with van der Waals surface area (Å²) in [5.74, 6) is 0.134. The molecule has 0 aliphatic carbocycles. The maximum absolute atomic E-state index is 13.6. The largest absolute Gasteiger partial charge is 0.497 e. The minimum absolute atomic E-state index is 0.301. The third-order valence-corrected chi connectivity index (χ3v) is 6.96. The molecule has 0 heterocycles. The Bertz CT molecular complexity index is 766. The summed E-state index contributed by atoms with van der Waals surface area (Å²) in [4.78, 5) is 2.26. The minimum Gasteiger partial charge on any atom is -0.497 e. The SMILES string of the molecule is CCOP(=O)(OCC)C(Nc1ccc(OC)cc1)c1ccc(N(CC)CC)cc1. The Morgan fingerprint density at radius 2 is 1.45 bits per heavy atom. The van der Waals surface area contributed by atoms with Gasteiger partial charge in [-0.05, 0) is 69.7 Å². The quantitative estimate of drug-likeness (QED) is 0.430. The Labute approximate surface area is 174 Å².